The van der Waals surface area contributed by atoms with Gasteiger partial charge in [0, 0.05) is 25.8 Å². The number of aromatic nitrogens is 1. The standard InChI is InChI=1S/C17H25N3O3/c1-12(2)11-23-16-13(5-4-6-18-16)17(21)20-9-14-15(10-20)22-8-7-19(14)3/h4-6,12,14-15H,7-11H2,1-3H3/t14-,15+/m0/s1. The molecule has 0 bridgehead atoms. The molecule has 6 nitrogen and oxygen atoms in total. The van der Waals surface area contributed by atoms with E-state index in [1.165, 1.54) is 0 Å². The Bertz CT molecular complexity index is 564. The molecule has 2 aliphatic heterocycles. The van der Waals surface area contributed by atoms with Gasteiger partial charge in [0.1, 0.15) is 5.56 Å². The van der Waals surface area contributed by atoms with Crippen LogP contribution in [0.5, 0.6) is 5.88 Å². The van der Waals surface area contributed by atoms with Crippen molar-refractivity contribution in [1.82, 2.24) is 14.8 Å². The summed E-state index contributed by atoms with van der Waals surface area (Å²) >= 11 is 0. The zero-order valence-corrected chi connectivity index (χ0v) is 14.1. The van der Waals surface area contributed by atoms with E-state index >= 15 is 0 Å². The van der Waals surface area contributed by atoms with Crippen LogP contribution in [0.1, 0.15) is 24.2 Å². The van der Waals surface area contributed by atoms with Crippen molar-refractivity contribution < 1.29 is 14.3 Å². The Labute approximate surface area is 137 Å². The number of carbonyl (C=O) groups is 1. The summed E-state index contributed by atoms with van der Waals surface area (Å²) in [5.74, 6) is 0.787. The first-order valence-electron chi connectivity index (χ1n) is 8.25. The number of nitrogens with zero attached hydrogens (tertiary/aromatic N) is 3. The van der Waals surface area contributed by atoms with Crippen LogP contribution >= 0.6 is 0 Å². The monoisotopic (exact) mass is 319 g/mol. The van der Waals surface area contributed by atoms with Crippen molar-refractivity contribution in [1.29, 1.82) is 0 Å². The highest BCUT2D eigenvalue weighted by molar-refractivity contribution is 5.96. The predicted molar refractivity (Wildman–Crippen MR) is 86.6 cm³/mol. The SMILES string of the molecule is CC(C)COc1ncccc1C(=O)N1C[C@H]2OCCN(C)[C@H]2C1. The maximum Gasteiger partial charge on any atom is 0.259 e. The molecule has 0 aliphatic carbocycles. The lowest BCUT2D eigenvalue weighted by atomic mass is 10.1. The van der Waals surface area contributed by atoms with E-state index in [0.717, 1.165) is 13.2 Å². The van der Waals surface area contributed by atoms with Crippen LogP contribution in [-0.2, 0) is 4.74 Å². The van der Waals surface area contributed by atoms with E-state index in [2.05, 4.69) is 30.8 Å². The number of likely N-dealkylation sites (N-methyl/N-ethyl adjacent to an activating group) is 1. The van der Waals surface area contributed by atoms with E-state index in [1.54, 1.807) is 18.3 Å². The number of rotatable bonds is 4. The van der Waals surface area contributed by atoms with E-state index < -0.39 is 0 Å². The van der Waals surface area contributed by atoms with Crippen LogP contribution in [0.4, 0.5) is 0 Å². The van der Waals surface area contributed by atoms with E-state index in [-0.39, 0.29) is 18.1 Å². The topological polar surface area (TPSA) is 54.9 Å². The Kier molecular flexibility index (Phi) is 4.82. The number of hydrogen-bond acceptors (Lipinski definition) is 5. The minimum absolute atomic E-state index is 0.0248. The lowest BCUT2D eigenvalue weighted by molar-refractivity contribution is -0.0368. The molecule has 1 aromatic heterocycles. The molecule has 23 heavy (non-hydrogen) atoms. The van der Waals surface area contributed by atoms with Gasteiger partial charge in [-0.1, -0.05) is 13.8 Å². The third-order valence-corrected chi connectivity index (χ3v) is 4.42. The number of likely N-dealkylation sites (tertiary alicyclic amines) is 1. The second-order valence-electron chi connectivity index (χ2n) is 6.73. The van der Waals surface area contributed by atoms with Crippen molar-refractivity contribution in [3.63, 3.8) is 0 Å². The van der Waals surface area contributed by atoms with Gasteiger partial charge in [-0.2, -0.15) is 0 Å². The van der Waals surface area contributed by atoms with Crippen molar-refractivity contribution >= 4 is 5.91 Å². The number of carbonyl (C=O) groups excluding carboxylic acids is 1. The molecule has 0 saturated carbocycles. The Balaban J connectivity index is 1.73. The third-order valence-electron chi connectivity index (χ3n) is 4.42. The molecule has 0 unspecified atom stereocenters. The van der Waals surface area contributed by atoms with E-state index in [1.807, 2.05) is 4.90 Å². The molecule has 2 fully saturated rings. The Hall–Kier alpha value is -1.66. The van der Waals surface area contributed by atoms with Crippen molar-refractivity contribution in [2.45, 2.75) is 26.0 Å². The first kappa shape index (κ1) is 16.2. The molecule has 6 heteroatoms. The molecule has 3 rings (SSSR count). The molecule has 0 spiro atoms. The van der Waals surface area contributed by atoms with E-state index in [9.17, 15) is 4.79 Å². The van der Waals surface area contributed by atoms with Gasteiger partial charge >= 0.3 is 0 Å². The minimum atomic E-state index is -0.0248. The summed E-state index contributed by atoms with van der Waals surface area (Å²) in [7, 11) is 2.09. The average molecular weight is 319 g/mol. The molecule has 0 N–H and O–H groups in total. The highest BCUT2D eigenvalue weighted by Crippen LogP contribution is 2.25. The summed E-state index contributed by atoms with van der Waals surface area (Å²) in [6, 6.07) is 3.85. The van der Waals surface area contributed by atoms with Gasteiger partial charge in [-0.3, -0.25) is 9.69 Å². The molecule has 126 valence electrons. The van der Waals surface area contributed by atoms with Crippen molar-refractivity contribution in [2.24, 2.45) is 5.92 Å². The zero-order chi connectivity index (χ0) is 16.4. The quantitative estimate of drug-likeness (QED) is 0.836. The summed E-state index contributed by atoms with van der Waals surface area (Å²) < 4.78 is 11.5. The van der Waals surface area contributed by atoms with Crippen LogP contribution < -0.4 is 4.74 Å². The number of amides is 1. The maximum atomic E-state index is 12.9. The second kappa shape index (κ2) is 6.84. The van der Waals surface area contributed by atoms with Crippen LogP contribution in [0.15, 0.2) is 18.3 Å². The molecule has 1 aromatic rings. The van der Waals surface area contributed by atoms with Gasteiger partial charge in [0.2, 0.25) is 5.88 Å². The Morgan fingerprint density at radius 1 is 1.48 bits per heavy atom. The molecule has 3 heterocycles. The van der Waals surface area contributed by atoms with Gasteiger partial charge in [-0.05, 0) is 25.1 Å². The van der Waals surface area contributed by atoms with E-state index in [0.29, 0.717) is 37.1 Å². The van der Waals surface area contributed by atoms with Gasteiger partial charge < -0.3 is 14.4 Å². The molecular formula is C17H25N3O3. The van der Waals surface area contributed by atoms with Gasteiger partial charge in [-0.15, -0.1) is 0 Å². The van der Waals surface area contributed by atoms with E-state index in [4.69, 9.17) is 9.47 Å². The molecule has 2 saturated heterocycles. The first-order valence-corrected chi connectivity index (χ1v) is 8.25. The number of fused-ring (bicyclic) bond motifs is 1. The molecule has 1 amide bonds. The van der Waals surface area contributed by atoms with Gasteiger partial charge in [0.15, 0.2) is 0 Å². The molecule has 0 radical (unpaired) electrons. The highest BCUT2D eigenvalue weighted by Gasteiger charge is 2.41. The molecule has 2 atom stereocenters. The maximum absolute atomic E-state index is 12.9. The number of morpholine rings is 1. The van der Waals surface area contributed by atoms with Crippen molar-refractivity contribution in [3.05, 3.63) is 23.9 Å². The molecular weight excluding hydrogens is 294 g/mol. The second-order valence-corrected chi connectivity index (χ2v) is 6.73. The fourth-order valence-electron chi connectivity index (χ4n) is 3.11. The average Bonchev–Trinajstić information content (AvgIpc) is 2.98. The van der Waals surface area contributed by atoms with Crippen molar-refractivity contribution in [3.8, 4) is 5.88 Å². The van der Waals surface area contributed by atoms with Crippen molar-refractivity contribution in [2.75, 3.05) is 39.9 Å². The third kappa shape index (κ3) is 3.48. The van der Waals surface area contributed by atoms with Crippen LogP contribution in [0.2, 0.25) is 0 Å². The predicted octanol–water partition coefficient (Wildman–Crippen LogP) is 1.27. The molecule has 2 aliphatic rings. The summed E-state index contributed by atoms with van der Waals surface area (Å²) in [5, 5.41) is 0. The lowest BCUT2D eigenvalue weighted by Crippen LogP contribution is -2.48. The number of pyridine rings is 1. The summed E-state index contributed by atoms with van der Waals surface area (Å²) in [4.78, 5) is 21.3. The molecule has 0 aromatic carbocycles. The Morgan fingerprint density at radius 2 is 2.30 bits per heavy atom. The summed E-state index contributed by atoms with van der Waals surface area (Å²) in [6.07, 6.45) is 1.77. The lowest BCUT2D eigenvalue weighted by Gasteiger charge is -2.33. The number of ether oxygens (including phenoxy) is 2. The van der Waals surface area contributed by atoms with Crippen LogP contribution in [-0.4, -0.2) is 72.7 Å². The highest BCUT2D eigenvalue weighted by atomic mass is 16.5. The van der Waals surface area contributed by atoms with Crippen LogP contribution in [0.3, 0.4) is 0 Å². The summed E-state index contributed by atoms with van der Waals surface area (Å²) in [5.41, 5.74) is 0.537. The zero-order valence-electron chi connectivity index (χ0n) is 14.1. The summed E-state index contributed by atoms with van der Waals surface area (Å²) in [6.45, 7) is 7.67. The van der Waals surface area contributed by atoms with Crippen LogP contribution in [0.25, 0.3) is 0 Å². The fraction of sp³-hybridized carbons (Fsp3) is 0.647. The largest absolute Gasteiger partial charge is 0.477 e. The smallest absolute Gasteiger partial charge is 0.259 e. The first-order chi connectivity index (χ1) is 11.1. The van der Waals surface area contributed by atoms with Gasteiger partial charge in [0.25, 0.3) is 5.91 Å². The van der Waals surface area contributed by atoms with Gasteiger partial charge in [0.05, 0.1) is 25.4 Å². The normalized spacial score (nSPS) is 24.8. The van der Waals surface area contributed by atoms with Crippen LogP contribution in [0, 0.1) is 5.92 Å². The van der Waals surface area contributed by atoms with Gasteiger partial charge in [-0.25, -0.2) is 4.98 Å². The number of hydrogen-bond donors (Lipinski definition) is 0. The Morgan fingerprint density at radius 3 is 3.04 bits per heavy atom. The fourth-order valence-corrected chi connectivity index (χ4v) is 3.11. The minimum Gasteiger partial charge on any atom is -0.477 e.